The first-order valence-corrected chi connectivity index (χ1v) is 7.70. The molecule has 2 aromatic heterocycles. The Morgan fingerprint density at radius 2 is 2.29 bits per heavy atom. The molecule has 1 aliphatic rings. The van der Waals surface area contributed by atoms with Gasteiger partial charge in [0.1, 0.15) is 11.6 Å². The van der Waals surface area contributed by atoms with E-state index in [4.69, 9.17) is 4.42 Å². The van der Waals surface area contributed by atoms with Crippen LogP contribution in [0.15, 0.2) is 29.1 Å². The van der Waals surface area contributed by atoms with Crippen molar-refractivity contribution in [3.63, 3.8) is 0 Å². The Hall–Kier alpha value is -1.59. The molecule has 1 N–H and O–H groups in total. The molecular formula is C16H24N4O. The van der Waals surface area contributed by atoms with Gasteiger partial charge in [0.2, 0.25) is 0 Å². The van der Waals surface area contributed by atoms with Crippen LogP contribution in [0.1, 0.15) is 31.0 Å². The van der Waals surface area contributed by atoms with E-state index in [1.54, 1.807) is 6.26 Å². The van der Waals surface area contributed by atoms with E-state index >= 15 is 0 Å². The topological polar surface area (TPSA) is 46.2 Å². The van der Waals surface area contributed by atoms with Gasteiger partial charge in [-0.3, -0.25) is 4.90 Å². The fraction of sp³-hybridized carbons (Fsp3) is 0.562. The highest BCUT2D eigenvalue weighted by atomic mass is 16.3. The summed E-state index contributed by atoms with van der Waals surface area (Å²) in [6.07, 6.45) is 5.74. The van der Waals surface area contributed by atoms with Crippen molar-refractivity contribution in [3.05, 3.63) is 41.9 Å². The summed E-state index contributed by atoms with van der Waals surface area (Å²) in [5, 5.41) is 3.48. The predicted octanol–water partition coefficient (Wildman–Crippen LogP) is 2.24. The van der Waals surface area contributed by atoms with E-state index < -0.39 is 0 Å². The number of aromatic nitrogens is 2. The average Bonchev–Trinajstić information content (AvgIpc) is 3.07. The van der Waals surface area contributed by atoms with Gasteiger partial charge in [-0.25, -0.2) is 4.98 Å². The molecule has 0 atom stereocenters. The van der Waals surface area contributed by atoms with Crippen molar-refractivity contribution >= 4 is 0 Å². The van der Waals surface area contributed by atoms with Crippen molar-refractivity contribution in [1.29, 1.82) is 0 Å². The number of furan rings is 1. The van der Waals surface area contributed by atoms with Crippen LogP contribution in [-0.4, -0.2) is 27.5 Å². The van der Waals surface area contributed by atoms with Crippen molar-refractivity contribution in [1.82, 2.24) is 19.8 Å². The van der Waals surface area contributed by atoms with Crippen molar-refractivity contribution in [2.24, 2.45) is 5.92 Å². The Bertz CT molecular complexity index is 572. The fourth-order valence-corrected chi connectivity index (χ4v) is 2.72. The maximum absolute atomic E-state index is 5.69. The van der Waals surface area contributed by atoms with Crippen LogP contribution in [0, 0.1) is 5.92 Å². The van der Waals surface area contributed by atoms with E-state index in [-0.39, 0.29) is 0 Å². The van der Waals surface area contributed by atoms with E-state index in [9.17, 15) is 0 Å². The van der Waals surface area contributed by atoms with Gasteiger partial charge in [-0.15, -0.1) is 0 Å². The number of hydrogen-bond acceptors (Lipinski definition) is 4. The normalized spacial score (nSPS) is 15.6. The first kappa shape index (κ1) is 14.4. The molecule has 0 unspecified atom stereocenters. The van der Waals surface area contributed by atoms with Crippen molar-refractivity contribution in [2.75, 3.05) is 13.1 Å². The van der Waals surface area contributed by atoms with Crippen molar-refractivity contribution in [2.45, 2.75) is 40.0 Å². The highest BCUT2D eigenvalue weighted by Crippen LogP contribution is 2.17. The maximum atomic E-state index is 5.69. The summed E-state index contributed by atoms with van der Waals surface area (Å²) < 4.78 is 7.91. The zero-order chi connectivity index (χ0) is 14.7. The zero-order valence-electron chi connectivity index (χ0n) is 12.9. The molecule has 0 fully saturated rings. The fourth-order valence-electron chi connectivity index (χ4n) is 2.72. The second-order valence-corrected chi connectivity index (χ2v) is 6.14. The Morgan fingerprint density at radius 1 is 1.38 bits per heavy atom. The average molecular weight is 288 g/mol. The van der Waals surface area contributed by atoms with Crippen molar-refractivity contribution < 1.29 is 4.42 Å². The smallest absolute Gasteiger partial charge is 0.122 e. The largest absolute Gasteiger partial charge is 0.468 e. The molecule has 5 nitrogen and oxygen atoms in total. The Kier molecular flexibility index (Phi) is 4.41. The van der Waals surface area contributed by atoms with Gasteiger partial charge in [0.15, 0.2) is 0 Å². The van der Waals surface area contributed by atoms with Gasteiger partial charge in [0.25, 0.3) is 0 Å². The van der Waals surface area contributed by atoms with E-state index in [0.29, 0.717) is 5.92 Å². The van der Waals surface area contributed by atoms with E-state index in [1.165, 1.54) is 5.56 Å². The molecule has 0 amide bonds. The standard InChI is InChI=1S/C16H24N4O/c1-13(2)9-17-10-14-3-8-21-15(14)11-19-6-7-20-5-4-18-16(20)12-19/h3-5,8,13,17H,6-7,9-12H2,1-2H3. The van der Waals surface area contributed by atoms with E-state index in [1.807, 2.05) is 6.20 Å². The molecule has 0 aromatic carbocycles. The summed E-state index contributed by atoms with van der Waals surface area (Å²) in [5.74, 6) is 2.89. The Labute approximate surface area is 126 Å². The number of fused-ring (bicyclic) bond motifs is 1. The van der Waals surface area contributed by atoms with Crippen LogP contribution >= 0.6 is 0 Å². The van der Waals surface area contributed by atoms with Gasteiger partial charge in [0.05, 0.1) is 19.4 Å². The molecule has 114 valence electrons. The summed E-state index contributed by atoms with van der Waals surface area (Å²) in [4.78, 5) is 6.80. The predicted molar refractivity (Wildman–Crippen MR) is 81.6 cm³/mol. The molecule has 0 saturated heterocycles. The van der Waals surface area contributed by atoms with Gasteiger partial charge in [-0.1, -0.05) is 13.8 Å². The van der Waals surface area contributed by atoms with Gasteiger partial charge in [0, 0.05) is 37.6 Å². The third kappa shape index (κ3) is 3.54. The summed E-state index contributed by atoms with van der Waals surface area (Å²) in [7, 11) is 0. The monoisotopic (exact) mass is 288 g/mol. The van der Waals surface area contributed by atoms with Gasteiger partial charge >= 0.3 is 0 Å². The van der Waals surface area contributed by atoms with Crippen LogP contribution < -0.4 is 5.32 Å². The second kappa shape index (κ2) is 6.45. The molecule has 0 aliphatic carbocycles. The minimum atomic E-state index is 0.668. The first-order valence-electron chi connectivity index (χ1n) is 7.70. The molecule has 0 saturated carbocycles. The Morgan fingerprint density at radius 3 is 3.14 bits per heavy atom. The molecule has 0 spiro atoms. The first-order chi connectivity index (χ1) is 10.2. The summed E-state index contributed by atoms with van der Waals surface area (Å²) >= 11 is 0. The minimum Gasteiger partial charge on any atom is -0.468 e. The number of nitrogens with one attached hydrogen (secondary N) is 1. The second-order valence-electron chi connectivity index (χ2n) is 6.14. The van der Waals surface area contributed by atoms with Crippen LogP contribution in [-0.2, 0) is 26.2 Å². The van der Waals surface area contributed by atoms with Crippen LogP contribution in [0.3, 0.4) is 0 Å². The molecule has 2 aromatic rings. The van der Waals surface area contributed by atoms with Crippen LogP contribution in [0.4, 0.5) is 0 Å². The van der Waals surface area contributed by atoms with Crippen molar-refractivity contribution in [3.8, 4) is 0 Å². The Balaban J connectivity index is 1.57. The third-order valence-electron chi connectivity index (χ3n) is 3.90. The molecule has 0 bridgehead atoms. The molecule has 5 heteroatoms. The number of imidazole rings is 1. The molecular weight excluding hydrogens is 264 g/mol. The molecule has 21 heavy (non-hydrogen) atoms. The summed E-state index contributed by atoms with van der Waals surface area (Å²) in [5.41, 5.74) is 1.27. The molecule has 1 aliphatic heterocycles. The number of nitrogens with zero attached hydrogens (tertiary/aromatic N) is 3. The lowest BCUT2D eigenvalue weighted by atomic mass is 10.2. The van der Waals surface area contributed by atoms with Gasteiger partial charge in [-0.05, 0) is 18.5 Å². The maximum Gasteiger partial charge on any atom is 0.122 e. The van der Waals surface area contributed by atoms with E-state index in [0.717, 1.165) is 50.9 Å². The van der Waals surface area contributed by atoms with E-state index in [2.05, 4.69) is 45.9 Å². The number of rotatable bonds is 6. The highest BCUT2D eigenvalue weighted by molar-refractivity contribution is 5.17. The summed E-state index contributed by atoms with van der Waals surface area (Å²) in [6.45, 7) is 10.2. The lowest BCUT2D eigenvalue weighted by Gasteiger charge is -2.27. The quantitative estimate of drug-likeness (QED) is 0.885. The van der Waals surface area contributed by atoms with Crippen LogP contribution in [0.25, 0.3) is 0 Å². The molecule has 0 radical (unpaired) electrons. The van der Waals surface area contributed by atoms with Crippen LogP contribution in [0.5, 0.6) is 0 Å². The van der Waals surface area contributed by atoms with Gasteiger partial charge in [-0.2, -0.15) is 0 Å². The zero-order valence-corrected chi connectivity index (χ0v) is 12.9. The summed E-state index contributed by atoms with van der Waals surface area (Å²) in [6, 6.07) is 2.08. The lowest BCUT2D eigenvalue weighted by molar-refractivity contribution is 0.193. The molecule has 3 rings (SSSR count). The molecule has 3 heterocycles. The third-order valence-corrected chi connectivity index (χ3v) is 3.90. The van der Waals surface area contributed by atoms with Gasteiger partial charge < -0.3 is 14.3 Å². The van der Waals surface area contributed by atoms with Crippen LogP contribution in [0.2, 0.25) is 0 Å². The highest BCUT2D eigenvalue weighted by Gasteiger charge is 2.18. The lowest BCUT2D eigenvalue weighted by Crippen LogP contribution is -2.33. The number of hydrogen-bond donors (Lipinski definition) is 1. The SMILES string of the molecule is CC(C)CNCc1ccoc1CN1CCn2ccnc2C1. The minimum absolute atomic E-state index is 0.668.